The van der Waals surface area contributed by atoms with Crippen LogP contribution in [0, 0.1) is 11.8 Å². The van der Waals surface area contributed by atoms with Crippen LogP contribution in [0.2, 0.25) is 5.02 Å². The SMILES string of the molecule is O=C(c1nc(C2CC2)n(-c2ccccc2Cl)n1)N1CC[C@@H]2CNC[C@@H]2CC1. The second-order valence-electron chi connectivity index (χ2n) is 7.98. The third-order valence-corrected chi connectivity index (χ3v) is 6.47. The first-order chi connectivity index (χ1) is 13.2. The minimum atomic E-state index is -0.0457. The standard InChI is InChI=1S/C20H24ClN5O/c21-16-3-1-2-4-17(16)26-19(13-5-6-13)23-18(24-26)20(27)25-9-7-14-11-22-12-15(14)8-10-25/h1-4,13-15,22H,5-12H2/t14-,15+. The number of fused-ring (bicyclic) bond motifs is 1. The maximum Gasteiger partial charge on any atom is 0.293 e. The van der Waals surface area contributed by atoms with Gasteiger partial charge in [-0.2, -0.15) is 0 Å². The average Bonchev–Trinajstić information content (AvgIpc) is 3.34. The summed E-state index contributed by atoms with van der Waals surface area (Å²) in [5.41, 5.74) is 0.795. The van der Waals surface area contributed by atoms with Gasteiger partial charge in [-0.25, -0.2) is 9.67 Å². The van der Waals surface area contributed by atoms with E-state index in [2.05, 4.69) is 15.4 Å². The summed E-state index contributed by atoms with van der Waals surface area (Å²) < 4.78 is 1.78. The Kier molecular flexibility index (Phi) is 4.40. The topological polar surface area (TPSA) is 63.1 Å². The molecule has 3 fully saturated rings. The molecule has 3 heterocycles. The van der Waals surface area contributed by atoms with Crippen LogP contribution in [0.1, 0.15) is 48.0 Å². The lowest BCUT2D eigenvalue weighted by molar-refractivity contribution is 0.0746. The molecular weight excluding hydrogens is 362 g/mol. The summed E-state index contributed by atoms with van der Waals surface area (Å²) in [6.45, 7) is 3.75. The number of nitrogens with one attached hydrogen (secondary N) is 1. The van der Waals surface area contributed by atoms with Gasteiger partial charge in [0, 0.05) is 19.0 Å². The molecule has 0 radical (unpaired) electrons. The van der Waals surface area contributed by atoms with Crippen molar-refractivity contribution in [3.8, 4) is 5.69 Å². The fraction of sp³-hybridized carbons (Fsp3) is 0.550. The summed E-state index contributed by atoms with van der Waals surface area (Å²) in [5, 5.41) is 8.70. The third-order valence-electron chi connectivity index (χ3n) is 6.15. The summed E-state index contributed by atoms with van der Waals surface area (Å²) in [4.78, 5) is 19.7. The molecule has 1 amide bonds. The third kappa shape index (κ3) is 3.25. The highest BCUT2D eigenvalue weighted by Gasteiger charge is 2.35. The summed E-state index contributed by atoms with van der Waals surface area (Å²) >= 11 is 6.38. The highest BCUT2D eigenvalue weighted by atomic mass is 35.5. The zero-order valence-electron chi connectivity index (χ0n) is 15.3. The first-order valence-electron chi connectivity index (χ1n) is 9.92. The number of hydrogen-bond donors (Lipinski definition) is 1. The molecule has 2 aromatic rings. The molecule has 7 heteroatoms. The minimum absolute atomic E-state index is 0.0457. The van der Waals surface area contributed by atoms with E-state index in [-0.39, 0.29) is 5.91 Å². The van der Waals surface area contributed by atoms with Crippen molar-refractivity contribution >= 4 is 17.5 Å². The molecule has 27 heavy (non-hydrogen) atoms. The Hall–Kier alpha value is -1.92. The van der Waals surface area contributed by atoms with Gasteiger partial charge in [0.15, 0.2) is 0 Å². The van der Waals surface area contributed by atoms with Gasteiger partial charge in [-0.1, -0.05) is 23.7 Å². The number of amides is 1. The largest absolute Gasteiger partial charge is 0.336 e. The van der Waals surface area contributed by atoms with Crippen molar-refractivity contribution in [1.29, 1.82) is 0 Å². The predicted octanol–water partition coefficient (Wildman–Crippen LogP) is 2.87. The first kappa shape index (κ1) is 17.2. The van der Waals surface area contributed by atoms with Crippen LogP contribution >= 0.6 is 11.6 Å². The van der Waals surface area contributed by atoms with Gasteiger partial charge in [-0.05, 0) is 62.7 Å². The van der Waals surface area contributed by atoms with Crippen LogP contribution in [0.4, 0.5) is 0 Å². The fourth-order valence-corrected chi connectivity index (χ4v) is 4.60. The van der Waals surface area contributed by atoms with E-state index in [0.29, 0.717) is 28.6 Å². The van der Waals surface area contributed by atoms with Crippen molar-refractivity contribution < 1.29 is 4.79 Å². The molecule has 0 bridgehead atoms. The van der Waals surface area contributed by atoms with Crippen molar-refractivity contribution in [3.63, 3.8) is 0 Å². The van der Waals surface area contributed by atoms with Crippen molar-refractivity contribution in [2.24, 2.45) is 11.8 Å². The molecule has 1 aromatic heterocycles. The quantitative estimate of drug-likeness (QED) is 0.882. The molecule has 3 aliphatic rings. The van der Waals surface area contributed by atoms with Crippen molar-refractivity contribution in [3.05, 3.63) is 40.9 Å². The fourth-order valence-electron chi connectivity index (χ4n) is 4.38. The van der Waals surface area contributed by atoms with Crippen LogP contribution < -0.4 is 5.32 Å². The minimum Gasteiger partial charge on any atom is -0.336 e. The monoisotopic (exact) mass is 385 g/mol. The van der Waals surface area contributed by atoms with Crippen molar-refractivity contribution in [2.45, 2.75) is 31.6 Å². The number of halogens is 1. The Morgan fingerprint density at radius 2 is 1.78 bits per heavy atom. The van der Waals surface area contributed by atoms with E-state index in [4.69, 9.17) is 11.6 Å². The number of carbonyl (C=O) groups excluding carboxylic acids is 1. The summed E-state index contributed by atoms with van der Waals surface area (Å²) in [5.74, 6) is 2.89. The van der Waals surface area contributed by atoms with Gasteiger partial charge in [0.2, 0.25) is 5.82 Å². The first-order valence-corrected chi connectivity index (χ1v) is 10.3. The summed E-state index contributed by atoms with van der Waals surface area (Å²) in [6.07, 6.45) is 4.31. The van der Waals surface area contributed by atoms with Crippen LogP contribution in [0.15, 0.2) is 24.3 Å². The molecule has 2 saturated heterocycles. The van der Waals surface area contributed by atoms with E-state index in [0.717, 1.165) is 63.4 Å². The van der Waals surface area contributed by atoms with E-state index >= 15 is 0 Å². The molecule has 1 saturated carbocycles. The van der Waals surface area contributed by atoms with Crippen LogP contribution in [0.3, 0.4) is 0 Å². The Labute approximate surface area is 163 Å². The normalized spacial score (nSPS) is 25.3. The van der Waals surface area contributed by atoms with Crippen molar-refractivity contribution in [2.75, 3.05) is 26.2 Å². The average molecular weight is 386 g/mol. The van der Waals surface area contributed by atoms with E-state index in [9.17, 15) is 4.79 Å². The Balaban J connectivity index is 1.42. The second kappa shape index (κ2) is 6.91. The van der Waals surface area contributed by atoms with E-state index in [1.807, 2.05) is 29.2 Å². The number of carbonyl (C=O) groups is 1. The molecule has 1 aliphatic carbocycles. The maximum absolute atomic E-state index is 13.1. The summed E-state index contributed by atoms with van der Waals surface area (Å²) in [6, 6.07) is 7.60. The van der Waals surface area contributed by atoms with E-state index in [1.165, 1.54) is 0 Å². The molecule has 6 nitrogen and oxygen atoms in total. The Bertz CT molecular complexity index is 848. The molecule has 0 spiro atoms. The Morgan fingerprint density at radius 3 is 2.44 bits per heavy atom. The predicted molar refractivity (Wildman–Crippen MR) is 103 cm³/mol. The van der Waals surface area contributed by atoms with Gasteiger partial charge in [-0.15, -0.1) is 5.10 Å². The number of likely N-dealkylation sites (tertiary alicyclic amines) is 1. The molecule has 0 unspecified atom stereocenters. The molecule has 2 aliphatic heterocycles. The zero-order chi connectivity index (χ0) is 18.4. The number of hydrogen-bond acceptors (Lipinski definition) is 4. The van der Waals surface area contributed by atoms with E-state index < -0.39 is 0 Å². The van der Waals surface area contributed by atoms with Crippen LogP contribution in [0.25, 0.3) is 5.69 Å². The van der Waals surface area contributed by atoms with Crippen LogP contribution in [0.5, 0.6) is 0 Å². The number of benzene rings is 1. The number of nitrogens with zero attached hydrogens (tertiary/aromatic N) is 4. The van der Waals surface area contributed by atoms with Gasteiger partial charge in [0.25, 0.3) is 5.91 Å². The van der Waals surface area contributed by atoms with Gasteiger partial charge in [0.05, 0.1) is 10.7 Å². The number of rotatable bonds is 3. The number of aromatic nitrogens is 3. The van der Waals surface area contributed by atoms with Gasteiger partial charge in [-0.3, -0.25) is 4.79 Å². The smallest absolute Gasteiger partial charge is 0.293 e. The lowest BCUT2D eigenvalue weighted by Crippen LogP contribution is -2.33. The zero-order valence-corrected chi connectivity index (χ0v) is 16.0. The molecule has 1 N–H and O–H groups in total. The highest BCUT2D eigenvalue weighted by Crippen LogP contribution is 2.40. The van der Waals surface area contributed by atoms with Gasteiger partial charge in [0.1, 0.15) is 5.82 Å². The van der Waals surface area contributed by atoms with Crippen LogP contribution in [-0.2, 0) is 0 Å². The molecule has 5 rings (SSSR count). The lowest BCUT2D eigenvalue weighted by Gasteiger charge is -2.19. The maximum atomic E-state index is 13.1. The lowest BCUT2D eigenvalue weighted by atomic mass is 9.92. The second-order valence-corrected chi connectivity index (χ2v) is 8.39. The van der Waals surface area contributed by atoms with Gasteiger partial charge >= 0.3 is 0 Å². The number of para-hydroxylation sites is 1. The molecule has 2 atom stereocenters. The Morgan fingerprint density at radius 1 is 1.07 bits per heavy atom. The van der Waals surface area contributed by atoms with Crippen LogP contribution in [-0.4, -0.2) is 51.8 Å². The van der Waals surface area contributed by atoms with Gasteiger partial charge < -0.3 is 10.2 Å². The molecule has 1 aromatic carbocycles. The molecule has 142 valence electrons. The summed E-state index contributed by atoms with van der Waals surface area (Å²) in [7, 11) is 0. The highest BCUT2D eigenvalue weighted by molar-refractivity contribution is 6.32. The molecular formula is C20H24ClN5O. The van der Waals surface area contributed by atoms with E-state index in [1.54, 1.807) is 4.68 Å². The van der Waals surface area contributed by atoms with Crippen molar-refractivity contribution in [1.82, 2.24) is 25.0 Å².